The molecule has 2 heterocycles. The predicted octanol–water partition coefficient (Wildman–Crippen LogP) is 4.23. The van der Waals surface area contributed by atoms with Gasteiger partial charge in [0.1, 0.15) is 0 Å². The van der Waals surface area contributed by atoms with Crippen LogP contribution in [0.5, 0.6) is 0 Å². The summed E-state index contributed by atoms with van der Waals surface area (Å²) in [6, 6.07) is 20.1. The molecular weight excluding hydrogens is 322 g/mol. The van der Waals surface area contributed by atoms with Gasteiger partial charge in [0.15, 0.2) is 0 Å². The molecule has 1 fully saturated rings. The van der Waals surface area contributed by atoms with Crippen molar-refractivity contribution in [2.45, 2.75) is 19.3 Å². The minimum absolute atomic E-state index is 0.0799. The van der Waals surface area contributed by atoms with E-state index in [1.165, 1.54) is 0 Å². The van der Waals surface area contributed by atoms with Crippen molar-refractivity contribution >= 4 is 22.5 Å². The van der Waals surface area contributed by atoms with Crippen LogP contribution in [0.2, 0.25) is 0 Å². The van der Waals surface area contributed by atoms with Gasteiger partial charge in [0.25, 0.3) is 0 Å². The molecule has 132 valence electrons. The Hall–Kier alpha value is -2.72. The second-order valence-electron chi connectivity index (χ2n) is 6.89. The maximum atomic E-state index is 12.5. The number of nitrogens with zero attached hydrogens (tertiary/aromatic N) is 1. The number of hydrogen-bond acceptors (Lipinski definition) is 3. The van der Waals surface area contributed by atoms with Crippen molar-refractivity contribution in [3.05, 3.63) is 60.7 Å². The number of carbonyl (C=O) groups excluding carboxylic acids is 1. The van der Waals surface area contributed by atoms with Gasteiger partial charge in [0.05, 0.1) is 16.9 Å². The Bertz CT molecular complexity index is 902. The first kappa shape index (κ1) is 16.7. The zero-order valence-electron chi connectivity index (χ0n) is 14.7. The van der Waals surface area contributed by atoms with Crippen LogP contribution in [0.25, 0.3) is 22.2 Å². The largest absolute Gasteiger partial charge is 0.324 e. The Balaban J connectivity index is 1.59. The van der Waals surface area contributed by atoms with Crippen LogP contribution in [0.3, 0.4) is 0 Å². The molecule has 4 heteroatoms. The molecule has 2 N–H and O–H groups in total. The van der Waals surface area contributed by atoms with Gasteiger partial charge in [-0.15, -0.1) is 0 Å². The summed E-state index contributed by atoms with van der Waals surface area (Å²) in [5.74, 6) is 0.551. The van der Waals surface area contributed by atoms with Crippen LogP contribution in [0.4, 0.5) is 5.69 Å². The molecule has 0 bridgehead atoms. The molecule has 1 aromatic heterocycles. The van der Waals surface area contributed by atoms with Crippen LogP contribution in [0.1, 0.15) is 19.3 Å². The van der Waals surface area contributed by atoms with Crippen molar-refractivity contribution in [1.29, 1.82) is 0 Å². The van der Waals surface area contributed by atoms with Crippen molar-refractivity contribution in [2.24, 2.45) is 5.92 Å². The Kier molecular flexibility index (Phi) is 4.93. The van der Waals surface area contributed by atoms with Crippen LogP contribution < -0.4 is 10.6 Å². The number of rotatable bonds is 4. The van der Waals surface area contributed by atoms with Crippen molar-refractivity contribution < 1.29 is 4.79 Å². The number of nitrogens with one attached hydrogen (secondary N) is 2. The molecule has 0 unspecified atom stereocenters. The van der Waals surface area contributed by atoms with Crippen LogP contribution in [-0.4, -0.2) is 24.0 Å². The molecule has 1 saturated heterocycles. The smallest absolute Gasteiger partial charge is 0.224 e. The highest BCUT2D eigenvalue weighted by Crippen LogP contribution is 2.26. The molecule has 4 nitrogen and oxygen atoms in total. The first-order valence-corrected chi connectivity index (χ1v) is 9.25. The van der Waals surface area contributed by atoms with Gasteiger partial charge in [-0.3, -0.25) is 4.79 Å². The number of fused-ring (bicyclic) bond motifs is 1. The van der Waals surface area contributed by atoms with Crippen LogP contribution in [0, 0.1) is 5.92 Å². The van der Waals surface area contributed by atoms with E-state index in [4.69, 9.17) is 4.98 Å². The summed E-state index contributed by atoms with van der Waals surface area (Å²) in [6.07, 6.45) is 2.72. The number of piperidine rings is 1. The zero-order valence-corrected chi connectivity index (χ0v) is 14.7. The fourth-order valence-corrected chi connectivity index (χ4v) is 3.57. The molecule has 0 spiro atoms. The summed E-state index contributed by atoms with van der Waals surface area (Å²) in [6.45, 7) is 2.02. The van der Waals surface area contributed by atoms with Crippen molar-refractivity contribution in [3.8, 4) is 11.3 Å². The predicted molar refractivity (Wildman–Crippen MR) is 106 cm³/mol. The van der Waals surface area contributed by atoms with E-state index in [1.807, 2.05) is 54.6 Å². The molecule has 0 atom stereocenters. The van der Waals surface area contributed by atoms with Gasteiger partial charge in [-0.25, -0.2) is 4.98 Å². The number of carbonyl (C=O) groups is 1. The van der Waals surface area contributed by atoms with Gasteiger partial charge in [0.2, 0.25) is 5.91 Å². The Morgan fingerprint density at radius 2 is 1.81 bits per heavy atom. The summed E-state index contributed by atoms with van der Waals surface area (Å²) in [5.41, 5.74) is 3.62. The first-order valence-electron chi connectivity index (χ1n) is 9.25. The van der Waals surface area contributed by atoms with Gasteiger partial charge in [-0.2, -0.15) is 0 Å². The lowest BCUT2D eigenvalue weighted by Gasteiger charge is -2.22. The molecular formula is C22H23N3O. The third-order valence-electron chi connectivity index (χ3n) is 5.00. The fourth-order valence-electron chi connectivity index (χ4n) is 3.57. The van der Waals surface area contributed by atoms with E-state index in [2.05, 4.69) is 16.7 Å². The third kappa shape index (κ3) is 3.75. The van der Waals surface area contributed by atoms with Crippen molar-refractivity contribution in [3.63, 3.8) is 0 Å². The first-order chi connectivity index (χ1) is 12.8. The maximum Gasteiger partial charge on any atom is 0.224 e. The second kappa shape index (κ2) is 7.67. The topological polar surface area (TPSA) is 54.0 Å². The molecule has 0 aliphatic carbocycles. The Labute approximate surface area is 153 Å². The number of amides is 1. The second-order valence-corrected chi connectivity index (χ2v) is 6.89. The van der Waals surface area contributed by atoms with E-state index in [0.29, 0.717) is 12.3 Å². The quantitative estimate of drug-likeness (QED) is 0.744. The zero-order chi connectivity index (χ0) is 17.8. The molecule has 3 aromatic rings. The van der Waals surface area contributed by atoms with E-state index in [1.54, 1.807) is 0 Å². The monoisotopic (exact) mass is 345 g/mol. The third-order valence-corrected chi connectivity index (χ3v) is 5.00. The molecule has 1 aliphatic rings. The van der Waals surface area contributed by atoms with Crippen LogP contribution in [-0.2, 0) is 4.79 Å². The highest BCUT2D eigenvalue weighted by Gasteiger charge is 2.17. The minimum atomic E-state index is 0.0799. The average molecular weight is 345 g/mol. The van der Waals surface area contributed by atoms with E-state index in [0.717, 1.165) is 53.8 Å². The summed E-state index contributed by atoms with van der Waals surface area (Å²) >= 11 is 0. The van der Waals surface area contributed by atoms with Gasteiger partial charge in [-0.1, -0.05) is 48.5 Å². The lowest BCUT2D eigenvalue weighted by molar-refractivity contribution is -0.117. The number of para-hydroxylation sites is 1. The maximum absolute atomic E-state index is 12.5. The molecule has 26 heavy (non-hydrogen) atoms. The highest BCUT2D eigenvalue weighted by molar-refractivity contribution is 6.00. The van der Waals surface area contributed by atoms with Gasteiger partial charge >= 0.3 is 0 Å². The standard InChI is InChI=1S/C22H23N3O/c26-21(15-16-11-13-23-14-12-16)24-20-8-4-7-18-9-10-19(25-22(18)20)17-5-2-1-3-6-17/h1-10,16,23H,11-15H2,(H,24,26). The summed E-state index contributed by atoms with van der Waals surface area (Å²) in [4.78, 5) is 17.3. The highest BCUT2D eigenvalue weighted by atomic mass is 16.1. The lowest BCUT2D eigenvalue weighted by Crippen LogP contribution is -2.30. The Morgan fingerprint density at radius 3 is 2.62 bits per heavy atom. The SMILES string of the molecule is O=C(CC1CCNCC1)Nc1cccc2ccc(-c3ccccc3)nc12. The fraction of sp³-hybridized carbons (Fsp3) is 0.273. The summed E-state index contributed by atoms with van der Waals surface area (Å²) in [7, 11) is 0. The van der Waals surface area contributed by atoms with E-state index in [9.17, 15) is 4.79 Å². The molecule has 0 saturated carbocycles. The number of hydrogen-bond donors (Lipinski definition) is 2. The summed E-state index contributed by atoms with van der Waals surface area (Å²) in [5, 5.41) is 7.46. The molecule has 2 aromatic carbocycles. The van der Waals surface area contributed by atoms with E-state index >= 15 is 0 Å². The molecule has 4 rings (SSSR count). The number of pyridine rings is 1. The van der Waals surface area contributed by atoms with Gasteiger partial charge in [0, 0.05) is 17.4 Å². The molecule has 1 aliphatic heterocycles. The van der Waals surface area contributed by atoms with E-state index < -0.39 is 0 Å². The van der Waals surface area contributed by atoms with E-state index in [-0.39, 0.29) is 5.91 Å². The number of aromatic nitrogens is 1. The van der Waals surface area contributed by atoms with Crippen molar-refractivity contribution in [1.82, 2.24) is 10.3 Å². The van der Waals surface area contributed by atoms with Crippen LogP contribution in [0.15, 0.2) is 60.7 Å². The number of anilines is 1. The normalized spacial score (nSPS) is 15.1. The molecule has 0 radical (unpaired) electrons. The summed E-state index contributed by atoms with van der Waals surface area (Å²) < 4.78 is 0. The van der Waals surface area contributed by atoms with Crippen molar-refractivity contribution in [2.75, 3.05) is 18.4 Å². The minimum Gasteiger partial charge on any atom is -0.324 e. The van der Waals surface area contributed by atoms with Gasteiger partial charge in [-0.05, 0) is 44.0 Å². The average Bonchev–Trinajstić information content (AvgIpc) is 2.69. The van der Waals surface area contributed by atoms with Crippen LogP contribution >= 0.6 is 0 Å². The lowest BCUT2D eigenvalue weighted by atomic mass is 9.94. The van der Waals surface area contributed by atoms with Gasteiger partial charge < -0.3 is 10.6 Å². The number of benzene rings is 2. The Morgan fingerprint density at radius 1 is 1.00 bits per heavy atom. The molecule has 1 amide bonds.